The first-order valence-electron chi connectivity index (χ1n) is 10.2. The first-order valence-corrected chi connectivity index (χ1v) is 11.9. The summed E-state index contributed by atoms with van der Waals surface area (Å²) in [5.41, 5.74) is 4.03. The van der Waals surface area contributed by atoms with E-state index in [4.69, 9.17) is 0 Å². The minimum absolute atomic E-state index is 0.0105. The molecule has 2 aromatic carbocycles. The summed E-state index contributed by atoms with van der Waals surface area (Å²) in [5, 5.41) is 10.5. The molecular weight excluding hydrogens is 452 g/mol. The fraction of sp³-hybridized carbons (Fsp3) is 0.120. The van der Waals surface area contributed by atoms with Crippen LogP contribution < -0.4 is 4.90 Å². The largest absolute Gasteiger partial charge is 0.306 e. The molecule has 0 aliphatic carbocycles. The number of aromatic nitrogens is 2. The average Bonchev–Trinajstić information content (AvgIpc) is 3.45. The molecule has 0 radical (unpaired) electrons. The number of benzene rings is 2. The van der Waals surface area contributed by atoms with Crippen molar-refractivity contribution in [2.45, 2.75) is 20.8 Å². The zero-order valence-electron chi connectivity index (χ0n) is 18.1. The summed E-state index contributed by atoms with van der Waals surface area (Å²) in [6.45, 7) is 5.20. The van der Waals surface area contributed by atoms with Crippen LogP contribution in [0.3, 0.4) is 0 Å². The van der Waals surface area contributed by atoms with Crippen LogP contribution in [-0.4, -0.2) is 21.0 Å². The highest BCUT2D eigenvalue weighted by Gasteiger charge is 2.34. The Hall–Kier alpha value is -3.67. The van der Waals surface area contributed by atoms with Gasteiger partial charge in [0.05, 0.1) is 20.8 Å². The van der Waals surface area contributed by atoms with Crippen molar-refractivity contribution in [1.29, 1.82) is 5.26 Å². The molecule has 0 N–H and O–H groups in total. The third-order valence-corrected chi connectivity index (χ3v) is 8.05. The lowest BCUT2D eigenvalue weighted by molar-refractivity contribution is -0.113. The SMILES string of the molecule is CC(=O)C1=C(C)N(c2ccccc2)/C(=C(/C#N)C(=O)c2sc3nc4ccccc4n3c2C)S1. The van der Waals surface area contributed by atoms with E-state index in [0.29, 0.717) is 25.5 Å². The fourth-order valence-electron chi connectivity index (χ4n) is 4.03. The Balaban J connectivity index is 1.68. The number of aryl methyl sites for hydroxylation is 1. The molecule has 0 saturated heterocycles. The summed E-state index contributed by atoms with van der Waals surface area (Å²) in [6.07, 6.45) is 0. The van der Waals surface area contributed by atoms with Gasteiger partial charge in [0.2, 0.25) is 5.78 Å². The number of Topliss-reactive ketones (excluding diaryl/α,β-unsaturated/α-hetero) is 2. The van der Waals surface area contributed by atoms with E-state index in [-0.39, 0.29) is 17.1 Å². The summed E-state index contributed by atoms with van der Waals surface area (Å²) in [6, 6.07) is 19.3. The number of thioether (sulfide) groups is 1. The molecule has 33 heavy (non-hydrogen) atoms. The van der Waals surface area contributed by atoms with Crippen LogP contribution >= 0.6 is 23.1 Å². The molecule has 0 atom stereocenters. The number of hydrogen-bond donors (Lipinski definition) is 0. The molecule has 0 spiro atoms. The summed E-state index contributed by atoms with van der Waals surface area (Å²) < 4.78 is 1.95. The number of carbonyl (C=O) groups excluding carboxylic acids is 2. The van der Waals surface area contributed by atoms with Gasteiger partial charge >= 0.3 is 0 Å². The Morgan fingerprint density at radius 2 is 1.73 bits per heavy atom. The second-order valence-corrected chi connectivity index (χ2v) is 9.58. The molecule has 5 rings (SSSR count). The van der Waals surface area contributed by atoms with Gasteiger partial charge < -0.3 is 4.90 Å². The van der Waals surface area contributed by atoms with Crippen molar-refractivity contribution in [3.63, 3.8) is 0 Å². The van der Waals surface area contributed by atoms with Gasteiger partial charge in [0.25, 0.3) is 0 Å². The Kier molecular flexibility index (Phi) is 5.16. The topological polar surface area (TPSA) is 78.5 Å². The van der Waals surface area contributed by atoms with Crippen molar-refractivity contribution in [3.8, 4) is 6.07 Å². The number of ketones is 2. The minimum Gasteiger partial charge on any atom is -0.306 e. The van der Waals surface area contributed by atoms with Gasteiger partial charge in [0.15, 0.2) is 10.7 Å². The third kappa shape index (κ3) is 3.28. The summed E-state index contributed by atoms with van der Waals surface area (Å²) in [4.78, 5) is 34.1. The van der Waals surface area contributed by atoms with E-state index in [0.717, 1.165) is 22.4 Å². The van der Waals surface area contributed by atoms with Gasteiger partial charge in [-0.1, -0.05) is 53.4 Å². The standard InChI is InChI=1S/C25H18N4O2S2/c1-14-22(16(3)30)32-24(28(14)17-9-5-4-6-10-17)18(13-26)21(31)23-15(2)29-20-12-8-7-11-19(20)27-25(29)33-23/h4-12H,1-3H3/b24-18+. The second kappa shape index (κ2) is 8.03. The number of rotatable bonds is 4. The number of imidazole rings is 1. The number of thiazole rings is 1. The van der Waals surface area contributed by atoms with E-state index in [9.17, 15) is 14.9 Å². The van der Waals surface area contributed by atoms with Gasteiger partial charge in [-0.25, -0.2) is 4.98 Å². The average molecular weight is 471 g/mol. The maximum absolute atomic E-state index is 13.7. The smallest absolute Gasteiger partial charge is 0.218 e. The van der Waals surface area contributed by atoms with Crippen LogP contribution in [0, 0.1) is 18.3 Å². The van der Waals surface area contributed by atoms with Crippen LogP contribution in [-0.2, 0) is 4.79 Å². The van der Waals surface area contributed by atoms with Crippen molar-refractivity contribution in [3.05, 3.63) is 86.4 Å². The van der Waals surface area contributed by atoms with E-state index in [1.54, 1.807) is 0 Å². The number of carbonyl (C=O) groups is 2. The number of nitriles is 1. The molecule has 2 aromatic heterocycles. The molecule has 6 nitrogen and oxygen atoms in total. The summed E-state index contributed by atoms with van der Waals surface area (Å²) in [5.74, 6) is -0.467. The highest BCUT2D eigenvalue weighted by molar-refractivity contribution is 8.08. The van der Waals surface area contributed by atoms with Crippen molar-refractivity contribution in [1.82, 2.24) is 9.38 Å². The van der Waals surface area contributed by atoms with E-state index in [1.807, 2.05) is 77.7 Å². The van der Waals surface area contributed by atoms with Crippen LogP contribution in [0.25, 0.3) is 16.0 Å². The molecule has 0 fully saturated rings. The molecule has 1 aliphatic rings. The van der Waals surface area contributed by atoms with Crippen LogP contribution in [0.2, 0.25) is 0 Å². The predicted molar refractivity (Wildman–Crippen MR) is 132 cm³/mol. The molecule has 162 valence electrons. The molecule has 0 amide bonds. The van der Waals surface area contributed by atoms with Crippen molar-refractivity contribution < 1.29 is 9.59 Å². The van der Waals surface area contributed by atoms with Crippen molar-refractivity contribution in [2.75, 3.05) is 4.90 Å². The summed E-state index contributed by atoms with van der Waals surface area (Å²) in [7, 11) is 0. The van der Waals surface area contributed by atoms with E-state index < -0.39 is 0 Å². The number of anilines is 1. The zero-order valence-corrected chi connectivity index (χ0v) is 19.8. The highest BCUT2D eigenvalue weighted by Crippen LogP contribution is 2.46. The number of hydrogen-bond acceptors (Lipinski definition) is 7. The lowest BCUT2D eigenvalue weighted by atomic mass is 10.1. The van der Waals surface area contributed by atoms with Crippen molar-refractivity contribution in [2.24, 2.45) is 0 Å². The second-order valence-electron chi connectivity index (χ2n) is 7.60. The first-order chi connectivity index (χ1) is 15.9. The van der Waals surface area contributed by atoms with Crippen LogP contribution in [0.1, 0.15) is 29.2 Å². The third-order valence-electron chi connectivity index (χ3n) is 5.55. The van der Waals surface area contributed by atoms with Crippen molar-refractivity contribution >= 4 is 56.3 Å². The van der Waals surface area contributed by atoms with Crippen LogP contribution in [0.5, 0.6) is 0 Å². The Morgan fingerprint density at radius 3 is 2.42 bits per heavy atom. The highest BCUT2D eigenvalue weighted by atomic mass is 32.2. The molecular formula is C25H18N4O2S2. The fourth-order valence-corrected chi connectivity index (χ4v) is 6.27. The Bertz CT molecular complexity index is 1570. The van der Waals surface area contributed by atoms with E-state index in [2.05, 4.69) is 11.1 Å². The molecule has 0 unspecified atom stereocenters. The molecule has 4 aromatic rings. The maximum atomic E-state index is 13.7. The molecule has 0 saturated carbocycles. The quantitative estimate of drug-likeness (QED) is 0.212. The lowest BCUT2D eigenvalue weighted by Crippen LogP contribution is -2.19. The van der Waals surface area contributed by atoms with Gasteiger partial charge in [-0.3, -0.25) is 14.0 Å². The molecule has 3 heterocycles. The summed E-state index contributed by atoms with van der Waals surface area (Å²) >= 11 is 2.45. The number of nitrogens with zero attached hydrogens (tertiary/aromatic N) is 4. The van der Waals surface area contributed by atoms with Crippen LogP contribution in [0.4, 0.5) is 5.69 Å². The van der Waals surface area contributed by atoms with Gasteiger partial charge in [0.1, 0.15) is 16.7 Å². The predicted octanol–water partition coefficient (Wildman–Crippen LogP) is 5.85. The van der Waals surface area contributed by atoms with Gasteiger partial charge in [-0.15, -0.1) is 0 Å². The zero-order chi connectivity index (χ0) is 23.3. The lowest BCUT2D eigenvalue weighted by Gasteiger charge is -2.22. The normalized spacial score (nSPS) is 15.4. The Morgan fingerprint density at radius 1 is 1.03 bits per heavy atom. The first kappa shape index (κ1) is 21.2. The minimum atomic E-state index is -0.365. The molecule has 0 bridgehead atoms. The van der Waals surface area contributed by atoms with Gasteiger partial charge in [0, 0.05) is 17.1 Å². The Labute approximate surface area is 198 Å². The number of allylic oxidation sites excluding steroid dienone is 3. The van der Waals surface area contributed by atoms with Crippen LogP contribution in [0.15, 0.2) is 75.8 Å². The van der Waals surface area contributed by atoms with Gasteiger partial charge in [-0.2, -0.15) is 5.26 Å². The number of para-hydroxylation sites is 3. The molecule has 1 aliphatic heterocycles. The monoisotopic (exact) mass is 470 g/mol. The van der Waals surface area contributed by atoms with Gasteiger partial charge in [-0.05, 0) is 45.0 Å². The maximum Gasteiger partial charge on any atom is 0.218 e. The number of fused-ring (bicyclic) bond motifs is 3. The van der Waals surface area contributed by atoms with E-state index in [1.165, 1.54) is 30.0 Å². The molecule has 8 heteroatoms. The van der Waals surface area contributed by atoms with E-state index >= 15 is 0 Å².